The fourth-order valence-corrected chi connectivity index (χ4v) is 3.06. The minimum absolute atomic E-state index is 0.0986. The predicted molar refractivity (Wildman–Crippen MR) is 81.9 cm³/mol. The number of nitrogens with zero attached hydrogens (tertiary/aromatic N) is 2. The van der Waals surface area contributed by atoms with Crippen LogP contribution in [0.15, 0.2) is 5.38 Å². The molecule has 2 rings (SSSR count). The van der Waals surface area contributed by atoms with Crippen molar-refractivity contribution in [2.75, 3.05) is 26.2 Å². The molecule has 0 bridgehead atoms. The number of hydrogen-bond acceptors (Lipinski definition) is 5. The molecule has 1 aliphatic rings. The van der Waals surface area contributed by atoms with Crippen LogP contribution >= 0.6 is 11.3 Å². The largest absolute Gasteiger partial charge is 0.349 e. The molecule has 3 N–H and O–H groups in total. The summed E-state index contributed by atoms with van der Waals surface area (Å²) in [6, 6.07) is -0.114. The van der Waals surface area contributed by atoms with Crippen molar-refractivity contribution in [2.45, 2.75) is 32.7 Å². The van der Waals surface area contributed by atoms with E-state index in [1.54, 1.807) is 5.38 Å². The summed E-state index contributed by atoms with van der Waals surface area (Å²) in [5.41, 5.74) is 6.23. The maximum atomic E-state index is 11.9. The van der Waals surface area contributed by atoms with Crippen molar-refractivity contribution in [3.8, 4) is 0 Å². The summed E-state index contributed by atoms with van der Waals surface area (Å²) < 4.78 is 0. The number of carbonyl (C=O) groups is 1. The van der Waals surface area contributed by atoms with Crippen molar-refractivity contribution < 1.29 is 4.79 Å². The number of nitrogens with one attached hydrogen (secondary N) is 1. The molecule has 20 heavy (non-hydrogen) atoms. The summed E-state index contributed by atoms with van der Waals surface area (Å²) in [5.74, 6) is 0.742. The molecule has 6 heteroatoms. The van der Waals surface area contributed by atoms with E-state index in [1.807, 2.05) is 6.92 Å². The summed E-state index contributed by atoms with van der Waals surface area (Å²) in [7, 11) is 0. The smallest absolute Gasteiger partial charge is 0.270 e. The second-order valence-corrected chi connectivity index (χ2v) is 6.53. The molecule has 0 aliphatic carbocycles. The van der Waals surface area contributed by atoms with Gasteiger partial charge in [0.25, 0.3) is 5.91 Å². The lowest BCUT2D eigenvalue weighted by Crippen LogP contribution is -2.39. The first-order chi connectivity index (χ1) is 9.56. The summed E-state index contributed by atoms with van der Waals surface area (Å²) in [6.45, 7) is 8.06. The van der Waals surface area contributed by atoms with Gasteiger partial charge in [0, 0.05) is 18.5 Å². The first-order valence-electron chi connectivity index (χ1n) is 7.28. The molecule has 0 saturated carbocycles. The van der Waals surface area contributed by atoms with Crippen LogP contribution in [0.1, 0.15) is 48.2 Å². The number of carbonyl (C=O) groups excluding carboxylic acids is 1. The lowest BCUT2D eigenvalue weighted by Gasteiger charge is -2.30. The van der Waals surface area contributed by atoms with Crippen molar-refractivity contribution >= 4 is 17.2 Å². The minimum atomic E-state index is -0.114. The average molecular weight is 296 g/mol. The van der Waals surface area contributed by atoms with Gasteiger partial charge < -0.3 is 16.0 Å². The molecule has 2 heterocycles. The van der Waals surface area contributed by atoms with Crippen LogP contribution in [0.5, 0.6) is 0 Å². The number of aromatic nitrogens is 1. The van der Waals surface area contributed by atoms with Crippen LogP contribution in [0.2, 0.25) is 0 Å². The highest BCUT2D eigenvalue weighted by Gasteiger charge is 2.16. The van der Waals surface area contributed by atoms with Gasteiger partial charge in [-0.1, -0.05) is 6.92 Å². The second kappa shape index (κ2) is 7.15. The SMILES string of the molecule is CC1CCN(CCNC(=O)c2csc(C(C)N)n2)CC1. The summed E-state index contributed by atoms with van der Waals surface area (Å²) >= 11 is 1.44. The minimum Gasteiger partial charge on any atom is -0.349 e. The third-order valence-corrected chi connectivity index (χ3v) is 4.78. The molecule has 5 nitrogen and oxygen atoms in total. The molecular weight excluding hydrogens is 272 g/mol. The highest BCUT2D eigenvalue weighted by molar-refractivity contribution is 7.09. The van der Waals surface area contributed by atoms with Crippen LogP contribution in [0.25, 0.3) is 0 Å². The highest BCUT2D eigenvalue weighted by atomic mass is 32.1. The van der Waals surface area contributed by atoms with E-state index in [0.29, 0.717) is 12.2 Å². The second-order valence-electron chi connectivity index (χ2n) is 5.64. The fourth-order valence-electron chi connectivity index (χ4n) is 2.30. The molecule has 0 radical (unpaired) electrons. The van der Waals surface area contributed by atoms with Crippen molar-refractivity contribution in [1.82, 2.24) is 15.2 Å². The standard InChI is InChI=1S/C14H24N4OS/c1-10-3-6-18(7-4-10)8-5-16-13(19)12-9-20-14(17-12)11(2)15/h9-11H,3-8,15H2,1-2H3,(H,16,19). The summed E-state index contributed by atoms with van der Waals surface area (Å²) in [6.07, 6.45) is 2.52. The average Bonchev–Trinajstić information content (AvgIpc) is 2.91. The van der Waals surface area contributed by atoms with E-state index in [1.165, 1.54) is 24.2 Å². The van der Waals surface area contributed by atoms with E-state index >= 15 is 0 Å². The van der Waals surface area contributed by atoms with Gasteiger partial charge in [-0.05, 0) is 38.8 Å². The van der Waals surface area contributed by atoms with E-state index < -0.39 is 0 Å². The Morgan fingerprint density at radius 3 is 2.90 bits per heavy atom. The van der Waals surface area contributed by atoms with Gasteiger partial charge in [-0.15, -0.1) is 11.3 Å². The van der Waals surface area contributed by atoms with Crippen LogP contribution in [-0.2, 0) is 0 Å². The van der Waals surface area contributed by atoms with Crippen LogP contribution < -0.4 is 11.1 Å². The Kier molecular flexibility index (Phi) is 5.51. The lowest BCUT2D eigenvalue weighted by atomic mass is 9.99. The van der Waals surface area contributed by atoms with Gasteiger partial charge >= 0.3 is 0 Å². The molecule has 1 saturated heterocycles. The van der Waals surface area contributed by atoms with E-state index in [4.69, 9.17) is 5.73 Å². The number of hydrogen-bond donors (Lipinski definition) is 2. The van der Waals surface area contributed by atoms with Gasteiger partial charge in [0.1, 0.15) is 10.7 Å². The summed E-state index contributed by atoms with van der Waals surface area (Å²) in [4.78, 5) is 18.6. The first kappa shape index (κ1) is 15.4. The van der Waals surface area contributed by atoms with Gasteiger partial charge in [0.15, 0.2) is 0 Å². The van der Waals surface area contributed by atoms with Crippen LogP contribution in [0.3, 0.4) is 0 Å². The molecule has 0 spiro atoms. The molecule has 1 atom stereocenters. The van der Waals surface area contributed by atoms with Gasteiger partial charge in [-0.25, -0.2) is 4.98 Å². The van der Waals surface area contributed by atoms with Crippen molar-refractivity contribution in [3.63, 3.8) is 0 Å². The normalized spacial score (nSPS) is 18.9. The molecule has 112 valence electrons. The van der Waals surface area contributed by atoms with Crippen molar-refractivity contribution in [2.24, 2.45) is 11.7 Å². The molecule has 1 unspecified atom stereocenters. The Hall–Kier alpha value is -0.980. The van der Waals surface area contributed by atoms with Crippen molar-refractivity contribution in [1.29, 1.82) is 0 Å². The quantitative estimate of drug-likeness (QED) is 0.866. The van der Waals surface area contributed by atoms with Crippen LogP contribution in [0, 0.1) is 5.92 Å². The molecule has 1 amide bonds. The van der Waals surface area contributed by atoms with Crippen molar-refractivity contribution in [3.05, 3.63) is 16.1 Å². The molecule has 1 fully saturated rings. The molecular formula is C14H24N4OS. The lowest BCUT2D eigenvalue weighted by molar-refractivity contribution is 0.0940. The van der Waals surface area contributed by atoms with E-state index in [9.17, 15) is 4.79 Å². The maximum Gasteiger partial charge on any atom is 0.270 e. The Bertz CT molecular complexity index is 438. The zero-order chi connectivity index (χ0) is 14.5. The topological polar surface area (TPSA) is 71.2 Å². The van der Waals surface area contributed by atoms with Crippen LogP contribution in [-0.4, -0.2) is 42.0 Å². The summed E-state index contributed by atoms with van der Waals surface area (Å²) in [5, 5.41) is 5.51. The number of rotatable bonds is 5. The maximum absolute atomic E-state index is 11.9. The van der Waals surface area contributed by atoms with Gasteiger partial charge in [-0.2, -0.15) is 0 Å². The van der Waals surface area contributed by atoms with Crippen LogP contribution in [0.4, 0.5) is 0 Å². The zero-order valence-electron chi connectivity index (χ0n) is 12.3. The molecule has 0 aromatic carbocycles. The third kappa shape index (κ3) is 4.26. The van der Waals surface area contributed by atoms with E-state index in [-0.39, 0.29) is 11.9 Å². The number of thiazole rings is 1. The number of likely N-dealkylation sites (tertiary alicyclic amines) is 1. The monoisotopic (exact) mass is 296 g/mol. The van der Waals surface area contributed by atoms with E-state index in [0.717, 1.165) is 30.6 Å². The zero-order valence-corrected chi connectivity index (χ0v) is 13.1. The predicted octanol–water partition coefficient (Wildman–Crippen LogP) is 1.62. The first-order valence-corrected chi connectivity index (χ1v) is 8.15. The fraction of sp³-hybridized carbons (Fsp3) is 0.714. The van der Waals surface area contributed by atoms with Gasteiger partial charge in [0.2, 0.25) is 0 Å². The number of nitrogens with two attached hydrogens (primary N) is 1. The number of piperidine rings is 1. The third-order valence-electron chi connectivity index (χ3n) is 3.73. The Labute approximate surface area is 124 Å². The molecule has 1 aromatic heterocycles. The Balaban J connectivity index is 1.72. The van der Waals surface area contributed by atoms with E-state index in [2.05, 4.69) is 22.1 Å². The number of amides is 1. The highest BCUT2D eigenvalue weighted by Crippen LogP contribution is 2.16. The molecule has 1 aromatic rings. The van der Waals surface area contributed by atoms with Gasteiger partial charge in [0.05, 0.1) is 6.04 Å². The Morgan fingerprint density at radius 1 is 1.60 bits per heavy atom. The molecule has 1 aliphatic heterocycles. The Morgan fingerprint density at radius 2 is 2.30 bits per heavy atom. The van der Waals surface area contributed by atoms with Gasteiger partial charge in [-0.3, -0.25) is 4.79 Å².